The Morgan fingerprint density at radius 2 is 2.50 bits per heavy atom. The van der Waals surface area contributed by atoms with Crippen LogP contribution in [0.4, 0.5) is 0 Å². The highest BCUT2D eigenvalue weighted by atomic mass is 32.2. The van der Waals surface area contributed by atoms with Crippen molar-refractivity contribution in [1.82, 2.24) is 10.3 Å². The molecule has 0 radical (unpaired) electrons. The molecule has 0 amide bonds. The summed E-state index contributed by atoms with van der Waals surface area (Å²) in [5, 5.41) is 3.66. The van der Waals surface area contributed by atoms with E-state index in [4.69, 9.17) is 0 Å². The van der Waals surface area contributed by atoms with Crippen LogP contribution < -0.4 is 5.32 Å². The Hall–Kier alpha value is -0.540. The number of hydrogen-bond acceptors (Lipinski definition) is 3. The van der Waals surface area contributed by atoms with Gasteiger partial charge in [0, 0.05) is 24.2 Å². The van der Waals surface area contributed by atoms with Gasteiger partial charge in [-0.15, -0.1) is 0 Å². The van der Waals surface area contributed by atoms with Gasteiger partial charge in [-0.1, -0.05) is 0 Å². The van der Waals surface area contributed by atoms with Crippen LogP contribution in [0.2, 0.25) is 0 Å². The lowest BCUT2D eigenvalue weighted by atomic mass is 10.1. The summed E-state index contributed by atoms with van der Waals surface area (Å²) in [7, 11) is 0. The molecule has 16 heavy (non-hydrogen) atoms. The van der Waals surface area contributed by atoms with Crippen LogP contribution in [0.15, 0.2) is 18.5 Å². The summed E-state index contributed by atoms with van der Waals surface area (Å²) in [5.74, 6) is 2.64. The van der Waals surface area contributed by atoms with E-state index in [-0.39, 0.29) is 0 Å². The van der Waals surface area contributed by atoms with Gasteiger partial charge in [0.1, 0.15) is 0 Å². The van der Waals surface area contributed by atoms with E-state index in [0.29, 0.717) is 0 Å². The SMILES string of the molecule is Cc1cnccc1CCN[C@@H]1CCCSC1. The molecular weight excluding hydrogens is 216 g/mol. The fraction of sp³-hybridized carbons (Fsp3) is 0.615. The van der Waals surface area contributed by atoms with Crippen LogP contribution in [0.5, 0.6) is 0 Å². The lowest BCUT2D eigenvalue weighted by Crippen LogP contribution is -2.35. The van der Waals surface area contributed by atoms with Crippen molar-refractivity contribution in [3.05, 3.63) is 29.6 Å². The summed E-state index contributed by atoms with van der Waals surface area (Å²) in [6.45, 7) is 3.23. The second-order valence-corrected chi connectivity index (χ2v) is 5.57. The number of pyridine rings is 1. The third-order valence-corrected chi connectivity index (χ3v) is 4.34. The molecule has 0 unspecified atom stereocenters. The van der Waals surface area contributed by atoms with E-state index in [1.54, 1.807) is 0 Å². The highest BCUT2D eigenvalue weighted by molar-refractivity contribution is 7.99. The monoisotopic (exact) mass is 236 g/mol. The van der Waals surface area contributed by atoms with Gasteiger partial charge < -0.3 is 5.32 Å². The molecule has 3 heteroatoms. The minimum Gasteiger partial charge on any atom is -0.313 e. The predicted molar refractivity (Wildman–Crippen MR) is 71.0 cm³/mol. The van der Waals surface area contributed by atoms with Crippen molar-refractivity contribution in [2.75, 3.05) is 18.1 Å². The van der Waals surface area contributed by atoms with Crippen LogP contribution >= 0.6 is 11.8 Å². The zero-order chi connectivity index (χ0) is 11.2. The van der Waals surface area contributed by atoms with E-state index in [1.807, 2.05) is 12.4 Å². The average molecular weight is 236 g/mol. The highest BCUT2D eigenvalue weighted by Gasteiger charge is 2.12. The van der Waals surface area contributed by atoms with E-state index in [1.165, 1.54) is 35.5 Å². The van der Waals surface area contributed by atoms with Crippen LogP contribution in [0.3, 0.4) is 0 Å². The summed E-state index contributed by atoms with van der Waals surface area (Å²) >= 11 is 2.08. The molecule has 1 aliphatic rings. The van der Waals surface area contributed by atoms with E-state index in [9.17, 15) is 0 Å². The Kier molecular flexibility index (Phi) is 4.67. The minimum atomic E-state index is 0.737. The zero-order valence-corrected chi connectivity index (χ0v) is 10.7. The number of thioether (sulfide) groups is 1. The molecule has 1 saturated heterocycles. The smallest absolute Gasteiger partial charge is 0.0299 e. The van der Waals surface area contributed by atoms with Crippen molar-refractivity contribution in [2.45, 2.75) is 32.2 Å². The van der Waals surface area contributed by atoms with Crippen molar-refractivity contribution in [3.8, 4) is 0 Å². The largest absolute Gasteiger partial charge is 0.313 e. The Balaban J connectivity index is 1.73. The van der Waals surface area contributed by atoms with Gasteiger partial charge in [0.15, 0.2) is 0 Å². The molecule has 0 aromatic carbocycles. The van der Waals surface area contributed by atoms with E-state index < -0.39 is 0 Å². The normalized spacial score (nSPS) is 20.9. The summed E-state index contributed by atoms with van der Waals surface area (Å²) in [5.41, 5.74) is 2.73. The van der Waals surface area contributed by atoms with Gasteiger partial charge in [-0.25, -0.2) is 0 Å². The van der Waals surface area contributed by atoms with E-state index >= 15 is 0 Å². The zero-order valence-electron chi connectivity index (χ0n) is 9.91. The van der Waals surface area contributed by atoms with Crippen molar-refractivity contribution >= 4 is 11.8 Å². The highest BCUT2D eigenvalue weighted by Crippen LogP contribution is 2.16. The second kappa shape index (κ2) is 6.26. The van der Waals surface area contributed by atoms with Gasteiger partial charge in [0.2, 0.25) is 0 Å². The molecule has 0 bridgehead atoms. The van der Waals surface area contributed by atoms with Crippen molar-refractivity contribution < 1.29 is 0 Å². The summed E-state index contributed by atoms with van der Waals surface area (Å²) in [6.07, 6.45) is 7.68. The first-order chi connectivity index (χ1) is 7.86. The maximum atomic E-state index is 4.12. The first-order valence-electron chi connectivity index (χ1n) is 6.07. The molecular formula is C13H20N2S. The average Bonchev–Trinajstić information content (AvgIpc) is 2.33. The molecule has 1 aromatic rings. The molecule has 0 saturated carbocycles. The number of aryl methyl sites for hydroxylation is 1. The Morgan fingerprint density at radius 3 is 3.25 bits per heavy atom. The Labute approximate surface area is 102 Å². The van der Waals surface area contributed by atoms with Gasteiger partial charge >= 0.3 is 0 Å². The van der Waals surface area contributed by atoms with E-state index in [0.717, 1.165) is 19.0 Å². The van der Waals surface area contributed by atoms with Gasteiger partial charge in [-0.2, -0.15) is 11.8 Å². The van der Waals surface area contributed by atoms with Crippen LogP contribution in [0.25, 0.3) is 0 Å². The third kappa shape index (κ3) is 3.49. The maximum Gasteiger partial charge on any atom is 0.0299 e. The number of hydrogen-bond donors (Lipinski definition) is 1. The van der Waals surface area contributed by atoms with Gasteiger partial charge in [0.05, 0.1) is 0 Å². The summed E-state index contributed by atoms with van der Waals surface area (Å²) in [4.78, 5) is 4.12. The topological polar surface area (TPSA) is 24.9 Å². The third-order valence-electron chi connectivity index (χ3n) is 3.12. The second-order valence-electron chi connectivity index (χ2n) is 4.42. The first kappa shape index (κ1) is 11.9. The van der Waals surface area contributed by atoms with Gasteiger partial charge in [0.25, 0.3) is 0 Å². The quantitative estimate of drug-likeness (QED) is 0.869. The number of nitrogens with zero attached hydrogens (tertiary/aromatic N) is 1. The fourth-order valence-electron chi connectivity index (χ4n) is 2.10. The molecule has 1 fully saturated rings. The molecule has 0 aliphatic carbocycles. The minimum absolute atomic E-state index is 0.737. The van der Waals surface area contributed by atoms with E-state index in [2.05, 4.69) is 35.1 Å². The molecule has 88 valence electrons. The lowest BCUT2D eigenvalue weighted by molar-refractivity contribution is 0.511. The molecule has 2 heterocycles. The molecule has 1 aliphatic heterocycles. The number of aromatic nitrogens is 1. The Morgan fingerprint density at radius 1 is 1.56 bits per heavy atom. The van der Waals surface area contributed by atoms with Crippen LogP contribution in [-0.4, -0.2) is 29.1 Å². The van der Waals surface area contributed by atoms with Crippen molar-refractivity contribution in [2.24, 2.45) is 0 Å². The standard InChI is InChI=1S/C13H20N2S/c1-11-9-14-6-4-12(11)5-7-15-13-3-2-8-16-10-13/h4,6,9,13,15H,2-3,5,7-8,10H2,1H3/t13-/m1/s1. The molecule has 2 rings (SSSR count). The first-order valence-corrected chi connectivity index (χ1v) is 7.22. The van der Waals surface area contributed by atoms with Crippen molar-refractivity contribution in [1.29, 1.82) is 0 Å². The van der Waals surface area contributed by atoms with Crippen LogP contribution in [-0.2, 0) is 6.42 Å². The lowest BCUT2D eigenvalue weighted by Gasteiger charge is -2.22. The number of rotatable bonds is 4. The molecule has 0 spiro atoms. The maximum absolute atomic E-state index is 4.12. The molecule has 1 aromatic heterocycles. The Bertz CT molecular complexity index is 321. The van der Waals surface area contributed by atoms with Crippen molar-refractivity contribution in [3.63, 3.8) is 0 Å². The molecule has 2 nitrogen and oxygen atoms in total. The fourth-order valence-corrected chi connectivity index (χ4v) is 3.20. The van der Waals surface area contributed by atoms with Crippen LogP contribution in [0.1, 0.15) is 24.0 Å². The molecule has 1 N–H and O–H groups in total. The van der Waals surface area contributed by atoms with Gasteiger partial charge in [-0.05, 0) is 55.7 Å². The number of nitrogens with one attached hydrogen (secondary N) is 1. The predicted octanol–water partition coefficient (Wildman–Crippen LogP) is 2.42. The molecule has 1 atom stereocenters. The van der Waals surface area contributed by atoms with Crippen LogP contribution in [0, 0.1) is 6.92 Å². The van der Waals surface area contributed by atoms with Gasteiger partial charge in [-0.3, -0.25) is 4.98 Å². The summed E-state index contributed by atoms with van der Waals surface area (Å²) in [6, 6.07) is 2.87. The summed E-state index contributed by atoms with van der Waals surface area (Å²) < 4.78 is 0.